The van der Waals surface area contributed by atoms with Gasteiger partial charge in [0.2, 0.25) is 0 Å². The van der Waals surface area contributed by atoms with E-state index < -0.39 is 18.0 Å². The van der Waals surface area contributed by atoms with Crippen molar-refractivity contribution in [3.8, 4) is 33.6 Å². The van der Waals surface area contributed by atoms with Gasteiger partial charge in [0.1, 0.15) is 0 Å². The Balaban J connectivity index is 0.000000153. The van der Waals surface area contributed by atoms with Crippen molar-refractivity contribution in [3.05, 3.63) is 144 Å². The molecule has 0 saturated heterocycles. The Morgan fingerprint density at radius 3 is 1.70 bits per heavy atom. The molecule has 0 saturated carbocycles. The molecule has 1 nitrogen and oxygen atoms in total. The van der Waals surface area contributed by atoms with E-state index in [2.05, 4.69) is 142 Å². The van der Waals surface area contributed by atoms with Crippen LogP contribution in [0.3, 0.4) is 0 Å². The molecule has 0 atom stereocenters. The average Bonchev–Trinajstić information content (AvgIpc) is 3.78. The van der Waals surface area contributed by atoms with Crippen molar-refractivity contribution in [3.63, 3.8) is 0 Å². The third-order valence-corrected chi connectivity index (χ3v) is 27.4. The zero-order chi connectivity index (χ0) is 31.2. The third kappa shape index (κ3) is 7.64. The van der Waals surface area contributed by atoms with E-state index in [1.54, 1.807) is 0 Å². The van der Waals surface area contributed by atoms with Gasteiger partial charge in [-0.3, -0.25) is 0 Å². The van der Waals surface area contributed by atoms with E-state index >= 15 is 0 Å². The molecule has 7 aromatic rings. The fourth-order valence-electron chi connectivity index (χ4n) is 5.42. The molecule has 0 spiro atoms. The molecule has 5 heteroatoms. The Labute approximate surface area is 276 Å². The molecule has 1 aromatic heterocycles. The molecule has 0 bridgehead atoms. The zero-order valence-corrected chi connectivity index (χ0v) is 30.8. The van der Waals surface area contributed by atoms with Crippen LogP contribution in [0.25, 0.3) is 55.1 Å². The van der Waals surface area contributed by atoms with Crippen molar-refractivity contribution in [2.75, 3.05) is 0 Å². The first-order chi connectivity index (χ1) is 21.2. The molecule has 6 aromatic carbocycles. The van der Waals surface area contributed by atoms with Crippen molar-refractivity contribution >= 4 is 44.0 Å². The second-order valence-electron chi connectivity index (χ2n) is 11.2. The first-order valence-corrected chi connectivity index (χ1v) is 27.3. The summed E-state index contributed by atoms with van der Waals surface area (Å²) < 4.78 is 5.77. The minimum absolute atomic E-state index is 0.224. The topological polar surface area (TPSA) is 13.1 Å². The maximum atomic E-state index is 5.77. The summed E-state index contributed by atoms with van der Waals surface area (Å²) in [7, 11) is 11.2. The maximum Gasteiger partial charge on any atom is 0.0896 e. The van der Waals surface area contributed by atoms with Crippen LogP contribution in [0.1, 0.15) is 16.9 Å². The van der Waals surface area contributed by atoms with Gasteiger partial charge in [0.15, 0.2) is 0 Å². The fourth-order valence-corrected chi connectivity index (χ4v) is 5.42. The number of rotatable bonds is 3. The molecule has 0 aliphatic heterocycles. The Morgan fingerprint density at radius 1 is 0.636 bits per heavy atom. The molecular formula is C39H36Cl2OSiZr-2. The molecule has 44 heavy (non-hydrogen) atoms. The van der Waals surface area contributed by atoms with E-state index in [0.717, 1.165) is 17.1 Å². The molecule has 0 fully saturated rings. The Morgan fingerprint density at radius 2 is 1.18 bits per heavy atom. The normalized spacial score (nSPS) is 10.6. The summed E-state index contributed by atoms with van der Waals surface area (Å²) in [5, 5.41) is 5.22. The van der Waals surface area contributed by atoms with E-state index in [1.165, 1.54) is 54.9 Å². The first kappa shape index (κ1) is 32.5. The van der Waals surface area contributed by atoms with Crippen LogP contribution in [0.15, 0.2) is 132 Å². The molecule has 0 amide bonds. The fraction of sp³-hybridized carbons (Fsp3) is 0.128. The Bertz CT molecular complexity index is 2010. The summed E-state index contributed by atoms with van der Waals surface area (Å²) in [6, 6.07) is 44.9. The van der Waals surface area contributed by atoms with Crippen LogP contribution >= 0.6 is 17.0 Å². The van der Waals surface area contributed by atoms with E-state index in [4.69, 9.17) is 21.4 Å². The zero-order valence-electron chi connectivity index (χ0n) is 25.8. The SMILES string of the molecule is C[Si](C)=[Zr]([Cl])[Cl].Cc1ccc(-c2cc3c(-c4ccccc4)c(C)ccc3[cH-]2)o1.Cc1ccc2[cH-]ccc2c1-c1ccccc1. The smallest absolute Gasteiger partial charge is 0.0896 e. The molecular weight excluding hydrogens is 675 g/mol. The summed E-state index contributed by atoms with van der Waals surface area (Å²) in [6.07, 6.45) is 0. The molecule has 0 aliphatic carbocycles. The predicted molar refractivity (Wildman–Crippen MR) is 191 cm³/mol. The van der Waals surface area contributed by atoms with Crippen LogP contribution in [0.4, 0.5) is 0 Å². The van der Waals surface area contributed by atoms with Gasteiger partial charge in [-0.25, -0.2) is 0 Å². The van der Waals surface area contributed by atoms with Crippen molar-refractivity contribution in [2.45, 2.75) is 33.9 Å². The van der Waals surface area contributed by atoms with Crippen molar-refractivity contribution in [2.24, 2.45) is 0 Å². The van der Waals surface area contributed by atoms with Gasteiger partial charge in [0.05, 0.1) is 11.5 Å². The Kier molecular flexibility index (Phi) is 11.0. The van der Waals surface area contributed by atoms with Gasteiger partial charge in [0, 0.05) is 0 Å². The molecule has 0 N–H and O–H groups in total. The van der Waals surface area contributed by atoms with Crippen molar-refractivity contribution in [1.29, 1.82) is 0 Å². The monoisotopic (exact) mass is 708 g/mol. The summed E-state index contributed by atoms with van der Waals surface area (Å²) in [5.74, 6) is 1.88. The van der Waals surface area contributed by atoms with Crippen LogP contribution < -0.4 is 0 Å². The molecule has 0 radical (unpaired) electrons. The number of furan rings is 1. The van der Waals surface area contributed by atoms with Gasteiger partial charge in [-0.1, -0.05) is 89.0 Å². The number of hydrogen-bond donors (Lipinski definition) is 0. The van der Waals surface area contributed by atoms with E-state index in [1.807, 2.05) is 19.1 Å². The summed E-state index contributed by atoms with van der Waals surface area (Å²) in [5.41, 5.74) is 8.80. The molecule has 0 aliphatic rings. The van der Waals surface area contributed by atoms with Gasteiger partial charge in [-0.15, -0.1) is 57.9 Å². The minimum Gasteiger partial charge on any atom is -0.496 e. The number of aryl methyl sites for hydroxylation is 3. The second-order valence-corrected chi connectivity index (χ2v) is 34.2. The molecule has 0 unspecified atom stereocenters. The van der Waals surface area contributed by atoms with E-state index in [-0.39, 0.29) is 5.43 Å². The second kappa shape index (κ2) is 14.9. The molecule has 7 rings (SSSR count). The third-order valence-electron chi connectivity index (χ3n) is 7.65. The number of fused-ring (bicyclic) bond motifs is 2. The van der Waals surface area contributed by atoms with Gasteiger partial charge in [0.25, 0.3) is 0 Å². The van der Waals surface area contributed by atoms with Gasteiger partial charge >= 0.3 is 53.5 Å². The first-order valence-electron chi connectivity index (χ1n) is 14.7. The van der Waals surface area contributed by atoms with Crippen LogP contribution in [0, 0.1) is 20.8 Å². The summed E-state index contributed by atoms with van der Waals surface area (Å²) in [4.78, 5) is 0. The molecule has 1 heterocycles. The van der Waals surface area contributed by atoms with Gasteiger partial charge in [-0.05, 0) is 49.6 Å². The average molecular weight is 711 g/mol. The van der Waals surface area contributed by atoms with Gasteiger partial charge in [-0.2, -0.15) is 12.1 Å². The maximum absolute atomic E-state index is 5.77. The van der Waals surface area contributed by atoms with Crippen molar-refractivity contribution in [1.82, 2.24) is 0 Å². The van der Waals surface area contributed by atoms with Crippen LogP contribution in [-0.2, 0) is 18.0 Å². The van der Waals surface area contributed by atoms with Crippen LogP contribution in [0.2, 0.25) is 13.1 Å². The number of halogens is 2. The molecule has 222 valence electrons. The summed E-state index contributed by atoms with van der Waals surface area (Å²) in [6.45, 7) is 10.7. The Hall–Kier alpha value is -2.94. The summed E-state index contributed by atoms with van der Waals surface area (Å²) >= 11 is -1.65. The quantitative estimate of drug-likeness (QED) is 0.131. The minimum atomic E-state index is -1.65. The van der Waals surface area contributed by atoms with Gasteiger partial charge < -0.3 is 4.42 Å². The van der Waals surface area contributed by atoms with Crippen LogP contribution in [0.5, 0.6) is 0 Å². The van der Waals surface area contributed by atoms with E-state index in [9.17, 15) is 0 Å². The van der Waals surface area contributed by atoms with Crippen molar-refractivity contribution < 1.29 is 22.4 Å². The number of benzene rings is 4. The largest absolute Gasteiger partial charge is 0.496 e. The standard InChI is InChI=1S/C21H17O.C16H13.C2H6Si.2ClH.Zr/c1-14-8-10-17-12-18(20-11-9-15(2)22-20)13-19(17)21(14)16-6-4-3-5-7-16;1-12-10-11-13-8-5-9-15(13)16(12)14-6-3-2-4-7-14;1-3-2;;;/h3-13H,1-2H3;2-11H,1H3;1-2H3;2*1H;/q2*-1;;;;+2/p-2. The predicted octanol–water partition coefficient (Wildman–Crippen LogP) is 12.8. The van der Waals surface area contributed by atoms with Crippen LogP contribution in [-0.4, -0.2) is 5.43 Å². The van der Waals surface area contributed by atoms with E-state index in [0.29, 0.717) is 0 Å². The number of hydrogen-bond acceptors (Lipinski definition) is 1.